The molecule has 6 nitrogen and oxygen atoms in total. The van der Waals surface area contributed by atoms with Crippen molar-refractivity contribution in [2.45, 2.75) is 33.7 Å². The topological polar surface area (TPSA) is 92.0 Å². The number of hydrogen-bond acceptors (Lipinski definition) is 6. The van der Waals surface area contributed by atoms with Gasteiger partial charge in [0.05, 0.1) is 35.0 Å². The largest absolute Gasteiger partial charge is 0.505 e. The highest BCUT2D eigenvalue weighted by Crippen LogP contribution is 2.27. The molecule has 0 saturated carbocycles. The zero-order valence-corrected chi connectivity index (χ0v) is 16.1. The van der Waals surface area contributed by atoms with Crippen LogP contribution in [-0.2, 0) is 9.53 Å². The van der Waals surface area contributed by atoms with Crippen LogP contribution >= 0.6 is 23.2 Å². The molecule has 0 spiro atoms. The molecule has 8 heteroatoms. The average molecular weight is 389 g/mol. The Hall–Kier alpha value is -1.63. The number of rotatable bonds is 7. The van der Waals surface area contributed by atoms with E-state index >= 15 is 0 Å². The van der Waals surface area contributed by atoms with Crippen LogP contribution in [0.4, 0.5) is 0 Å². The van der Waals surface area contributed by atoms with E-state index in [4.69, 9.17) is 27.9 Å². The molecule has 0 aliphatic heterocycles. The van der Waals surface area contributed by atoms with Crippen LogP contribution in [0.5, 0.6) is 0 Å². The van der Waals surface area contributed by atoms with Gasteiger partial charge in [0.1, 0.15) is 11.3 Å². The molecule has 0 amide bonds. The number of esters is 1. The lowest BCUT2D eigenvalue weighted by Crippen LogP contribution is -2.19. The van der Waals surface area contributed by atoms with E-state index in [9.17, 15) is 15.0 Å². The number of nitrogens with zero attached hydrogens (tertiary/aromatic N) is 2. The van der Waals surface area contributed by atoms with Gasteiger partial charge < -0.3 is 14.9 Å². The zero-order valence-electron chi connectivity index (χ0n) is 14.6. The number of hydrogen-bond donors (Lipinski definition) is 2. The minimum Gasteiger partial charge on any atom is -0.505 e. The molecule has 138 valence electrons. The normalized spacial score (nSPS) is 13.9. The molecule has 0 fully saturated rings. The lowest BCUT2D eigenvalue weighted by molar-refractivity contribution is -0.137. The van der Waals surface area contributed by atoms with Crippen LogP contribution < -0.4 is 0 Å². The second kappa shape index (κ2) is 9.75. The molecule has 1 atom stereocenters. The highest BCUT2D eigenvalue weighted by Gasteiger charge is 2.21. The van der Waals surface area contributed by atoms with E-state index in [1.807, 2.05) is 13.8 Å². The number of aryl methyl sites for hydroxylation is 1. The van der Waals surface area contributed by atoms with E-state index in [-0.39, 0.29) is 35.4 Å². The molecule has 2 N–H and O–H groups in total. The van der Waals surface area contributed by atoms with Gasteiger partial charge >= 0.3 is 5.97 Å². The Bertz CT molecular complexity index is 687. The predicted molar refractivity (Wildman–Crippen MR) is 99.4 cm³/mol. The van der Waals surface area contributed by atoms with Crippen molar-refractivity contribution in [3.05, 3.63) is 33.1 Å². The molecule has 0 unspecified atom stereocenters. The molecule has 0 aliphatic rings. The minimum absolute atomic E-state index is 0.00293. The summed E-state index contributed by atoms with van der Waals surface area (Å²) in [7, 11) is 0. The maximum Gasteiger partial charge on any atom is 0.343 e. The number of halogens is 2. The summed E-state index contributed by atoms with van der Waals surface area (Å²) >= 11 is 12.0. The fourth-order valence-electron chi connectivity index (χ4n) is 1.87. The Kier molecular flexibility index (Phi) is 8.35. The van der Waals surface area contributed by atoms with E-state index in [2.05, 4.69) is 9.98 Å². The van der Waals surface area contributed by atoms with Crippen LogP contribution in [0.15, 0.2) is 16.6 Å². The first-order valence-electron chi connectivity index (χ1n) is 7.80. The van der Waals surface area contributed by atoms with Crippen LogP contribution in [0.3, 0.4) is 0 Å². The van der Waals surface area contributed by atoms with Gasteiger partial charge in [0.15, 0.2) is 5.76 Å². The Morgan fingerprint density at radius 3 is 2.56 bits per heavy atom. The number of ether oxygens (including phenoxy) is 1. The van der Waals surface area contributed by atoms with Crippen LogP contribution in [-0.4, -0.2) is 46.6 Å². The summed E-state index contributed by atoms with van der Waals surface area (Å²) in [6.45, 7) is 6.99. The summed E-state index contributed by atoms with van der Waals surface area (Å²) in [5.41, 5.74) is 0.253. The summed E-state index contributed by atoms with van der Waals surface area (Å²) < 4.78 is 4.96. The SMILES string of the molecule is CCOC(=O)/C(C=N[C@H](CO)C(C)C)=C(\O)c1nc(C)c(Cl)cc1Cl. The molecule has 1 heterocycles. The molecule has 0 aliphatic carbocycles. The minimum atomic E-state index is -0.769. The van der Waals surface area contributed by atoms with Crippen molar-refractivity contribution in [2.75, 3.05) is 13.2 Å². The number of aliphatic imine (C=N–C) groups is 1. The lowest BCUT2D eigenvalue weighted by atomic mass is 10.1. The van der Waals surface area contributed by atoms with Crippen molar-refractivity contribution in [3.63, 3.8) is 0 Å². The quantitative estimate of drug-likeness (QED) is 0.322. The van der Waals surface area contributed by atoms with E-state index in [1.54, 1.807) is 13.8 Å². The lowest BCUT2D eigenvalue weighted by Gasteiger charge is -2.14. The fourth-order valence-corrected chi connectivity index (χ4v) is 2.32. The van der Waals surface area contributed by atoms with Gasteiger partial charge in [0, 0.05) is 6.21 Å². The Balaban J connectivity index is 3.44. The number of pyridine rings is 1. The Morgan fingerprint density at radius 1 is 1.40 bits per heavy atom. The first kappa shape index (κ1) is 21.4. The molecule has 1 aromatic rings. The summed E-state index contributed by atoms with van der Waals surface area (Å²) in [5.74, 6) is -1.19. The van der Waals surface area contributed by atoms with Gasteiger partial charge in [-0.15, -0.1) is 0 Å². The number of carbonyl (C=O) groups is 1. The molecule has 0 radical (unpaired) electrons. The Labute approximate surface area is 157 Å². The third-order valence-electron chi connectivity index (χ3n) is 3.43. The first-order valence-corrected chi connectivity index (χ1v) is 8.55. The van der Waals surface area contributed by atoms with Gasteiger partial charge in [0.2, 0.25) is 0 Å². The molecule has 1 rings (SSSR count). The smallest absolute Gasteiger partial charge is 0.343 e. The molecular formula is C17H22Cl2N2O4. The molecule has 0 aromatic carbocycles. The molecule has 0 bridgehead atoms. The van der Waals surface area contributed by atoms with Crippen molar-refractivity contribution in [1.29, 1.82) is 0 Å². The third-order valence-corrected chi connectivity index (χ3v) is 4.10. The number of aliphatic hydroxyl groups excluding tert-OH is 2. The first-order chi connectivity index (χ1) is 11.7. The summed E-state index contributed by atoms with van der Waals surface area (Å²) in [4.78, 5) is 20.5. The van der Waals surface area contributed by atoms with Gasteiger partial charge in [-0.05, 0) is 25.8 Å². The predicted octanol–water partition coefficient (Wildman–Crippen LogP) is 3.62. The van der Waals surface area contributed by atoms with E-state index in [0.717, 1.165) is 0 Å². The Morgan fingerprint density at radius 2 is 2.04 bits per heavy atom. The van der Waals surface area contributed by atoms with E-state index in [1.165, 1.54) is 12.3 Å². The van der Waals surface area contributed by atoms with Crippen LogP contribution in [0.2, 0.25) is 10.0 Å². The second-order valence-corrected chi connectivity index (χ2v) is 6.46. The third kappa shape index (κ3) is 5.70. The molecule has 1 aromatic heterocycles. The number of carbonyl (C=O) groups excluding carboxylic acids is 1. The maximum absolute atomic E-state index is 12.2. The van der Waals surface area contributed by atoms with Crippen molar-refractivity contribution in [2.24, 2.45) is 10.9 Å². The molecular weight excluding hydrogens is 367 g/mol. The second-order valence-electron chi connectivity index (χ2n) is 5.64. The van der Waals surface area contributed by atoms with Gasteiger partial charge in [-0.25, -0.2) is 9.78 Å². The average Bonchev–Trinajstić information content (AvgIpc) is 2.54. The summed E-state index contributed by atoms with van der Waals surface area (Å²) in [6, 6.07) is 1.01. The van der Waals surface area contributed by atoms with Crippen molar-refractivity contribution < 1.29 is 19.7 Å². The molecule has 25 heavy (non-hydrogen) atoms. The monoisotopic (exact) mass is 388 g/mol. The van der Waals surface area contributed by atoms with Gasteiger partial charge in [-0.3, -0.25) is 4.99 Å². The number of aliphatic hydroxyl groups is 2. The number of aromatic nitrogens is 1. The standard InChI is InChI=1S/C17H22Cl2N2O4/c1-5-25-17(24)11(7-20-14(8-22)9(2)3)16(23)15-13(19)6-12(18)10(4)21-15/h6-7,9,14,22-23H,5,8H2,1-4H3/b16-11-,20-7?/t14-/m1/s1. The summed E-state index contributed by atoms with van der Waals surface area (Å²) in [5, 5.41) is 20.3. The fraction of sp³-hybridized carbons (Fsp3) is 0.471. The van der Waals surface area contributed by atoms with Crippen LogP contribution in [0.1, 0.15) is 32.2 Å². The van der Waals surface area contributed by atoms with Crippen LogP contribution in [0, 0.1) is 12.8 Å². The van der Waals surface area contributed by atoms with Gasteiger partial charge in [0.25, 0.3) is 0 Å². The van der Waals surface area contributed by atoms with Gasteiger partial charge in [-0.2, -0.15) is 0 Å². The van der Waals surface area contributed by atoms with Crippen molar-refractivity contribution in [1.82, 2.24) is 4.98 Å². The zero-order chi connectivity index (χ0) is 19.1. The summed E-state index contributed by atoms with van der Waals surface area (Å²) in [6.07, 6.45) is 1.18. The maximum atomic E-state index is 12.2. The highest BCUT2D eigenvalue weighted by atomic mass is 35.5. The highest BCUT2D eigenvalue weighted by molar-refractivity contribution is 6.36. The van der Waals surface area contributed by atoms with Crippen LogP contribution in [0.25, 0.3) is 5.76 Å². The van der Waals surface area contributed by atoms with Gasteiger partial charge in [-0.1, -0.05) is 37.0 Å². The van der Waals surface area contributed by atoms with Crippen molar-refractivity contribution >= 4 is 41.1 Å². The molecule has 0 saturated heterocycles. The van der Waals surface area contributed by atoms with Crippen molar-refractivity contribution in [3.8, 4) is 0 Å². The van der Waals surface area contributed by atoms with E-state index < -0.39 is 17.8 Å². The van der Waals surface area contributed by atoms with E-state index in [0.29, 0.717) is 10.7 Å².